The van der Waals surface area contributed by atoms with E-state index in [0.717, 1.165) is 0 Å². The molecule has 0 atom stereocenters. The van der Waals surface area contributed by atoms with Gasteiger partial charge in [0, 0.05) is 20.6 Å². The van der Waals surface area contributed by atoms with Crippen LogP contribution in [0.5, 0.6) is 0 Å². The lowest BCUT2D eigenvalue weighted by atomic mass is 10.4. The Morgan fingerprint density at radius 1 is 1.50 bits per heavy atom. The molecule has 0 aliphatic heterocycles. The SMILES string of the molecule is CCN(C)C(=O)c1cnc(NC)cn1. The highest BCUT2D eigenvalue weighted by atomic mass is 16.2. The Morgan fingerprint density at radius 2 is 2.21 bits per heavy atom. The van der Waals surface area contributed by atoms with Gasteiger partial charge < -0.3 is 10.2 Å². The molecule has 0 radical (unpaired) electrons. The van der Waals surface area contributed by atoms with Gasteiger partial charge in [0.2, 0.25) is 0 Å². The summed E-state index contributed by atoms with van der Waals surface area (Å²) in [5.41, 5.74) is 0.369. The van der Waals surface area contributed by atoms with Crippen LogP contribution in [0, 0.1) is 0 Å². The molecule has 0 unspecified atom stereocenters. The number of carbonyl (C=O) groups is 1. The molecule has 0 aliphatic carbocycles. The molecule has 0 fully saturated rings. The molecule has 0 bridgehead atoms. The topological polar surface area (TPSA) is 58.1 Å². The van der Waals surface area contributed by atoms with Gasteiger partial charge in [-0.2, -0.15) is 0 Å². The van der Waals surface area contributed by atoms with Gasteiger partial charge in [-0.15, -0.1) is 0 Å². The normalized spacial score (nSPS) is 9.64. The molecule has 1 heterocycles. The molecule has 76 valence electrons. The maximum atomic E-state index is 11.6. The third-order valence-corrected chi connectivity index (χ3v) is 1.95. The van der Waals surface area contributed by atoms with E-state index < -0.39 is 0 Å². The summed E-state index contributed by atoms with van der Waals surface area (Å²) in [6.45, 7) is 2.57. The lowest BCUT2D eigenvalue weighted by Gasteiger charge is -2.13. The number of aromatic nitrogens is 2. The minimum absolute atomic E-state index is 0.109. The fourth-order valence-corrected chi connectivity index (χ4v) is 0.907. The summed E-state index contributed by atoms with van der Waals surface area (Å²) in [7, 11) is 3.49. The van der Waals surface area contributed by atoms with Crippen molar-refractivity contribution in [2.45, 2.75) is 6.92 Å². The number of amides is 1. The summed E-state index contributed by atoms with van der Waals surface area (Å²) in [6, 6.07) is 0. The van der Waals surface area contributed by atoms with Crippen LogP contribution in [-0.2, 0) is 0 Å². The number of rotatable bonds is 3. The Hall–Kier alpha value is -1.65. The monoisotopic (exact) mass is 194 g/mol. The van der Waals surface area contributed by atoms with Crippen LogP contribution in [0.15, 0.2) is 12.4 Å². The van der Waals surface area contributed by atoms with Crippen molar-refractivity contribution >= 4 is 11.7 Å². The second-order valence-electron chi connectivity index (χ2n) is 2.86. The van der Waals surface area contributed by atoms with Crippen molar-refractivity contribution < 1.29 is 4.79 Å². The van der Waals surface area contributed by atoms with Gasteiger partial charge in [0.25, 0.3) is 5.91 Å². The van der Waals surface area contributed by atoms with Gasteiger partial charge in [-0.05, 0) is 6.92 Å². The zero-order chi connectivity index (χ0) is 10.6. The molecular weight excluding hydrogens is 180 g/mol. The van der Waals surface area contributed by atoms with Crippen molar-refractivity contribution in [2.24, 2.45) is 0 Å². The molecule has 0 aliphatic rings. The molecule has 1 rings (SSSR count). The first-order chi connectivity index (χ1) is 6.69. The van der Waals surface area contributed by atoms with E-state index in [4.69, 9.17) is 0 Å². The Morgan fingerprint density at radius 3 is 2.64 bits per heavy atom. The largest absolute Gasteiger partial charge is 0.372 e. The number of carbonyl (C=O) groups excluding carboxylic acids is 1. The van der Waals surface area contributed by atoms with Gasteiger partial charge in [0.15, 0.2) is 0 Å². The predicted molar refractivity (Wildman–Crippen MR) is 54.2 cm³/mol. The van der Waals surface area contributed by atoms with Crippen molar-refractivity contribution in [3.63, 3.8) is 0 Å². The zero-order valence-electron chi connectivity index (χ0n) is 8.61. The quantitative estimate of drug-likeness (QED) is 0.766. The summed E-state index contributed by atoms with van der Waals surface area (Å²) in [4.78, 5) is 21.2. The van der Waals surface area contributed by atoms with Crippen LogP contribution in [0.1, 0.15) is 17.4 Å². The van der Waals surface area contributed by atoms with Crippen molar-refractivity contribution in [3.8, 4) is 0 Å². The number of hydrogen-bond acceptors (Lipinski definition) is 4. The number of anilines is 1. The van der Waals surface area contributed by atoms with Crippen LogP contribution in [0.3, 0.4) is 0 Å². The summed E-state index contributed by atoms with van der Waals surface area (Å²) in [5.74, 6) is 0.545. The van der Waals surface area contributed by atoms with E-state index >= 15 is 0 Å². The fourth-order valence-electron chi connectivity index (χ4n) is 0.907. The lowest BCUT2D eigenvalue weighted by molar-refractivity contribution is 0.0796. The second-order valence-corrected chi connectivity index (χ2v) is 2.86. The van der Waals surface area contributed by atoms with Crippen molar-refractivity contribution in [1.82, 2.24) is 14.9 Å². The summed E-state index contributed by atoms with van der Waals surface area (Å²) >= 11 is 0. The summed E-state index contributed by atoms with van der Waals surface area (Å²) in [6.07, 6.45) is 3.01. The maximum absolute atomic E-state index is 11.6. The molecule has 1 amide bonds. The van der Waals surface area contributed by atoms with E-state index in [9.17, 15) is 4.79 Å². The predicted octanol–water partition coefficient (Wildman–Crippen LogP) is 0.610. The molecule has 5 nitrogen and oxygen atoms in total. The highest BCUT2D eigenvalue weighted by Crippen LogP contribution is 2.02. The first kappa shape index (κ1) is 10.4. The van der Waals surface area contributed by atoms with Crippen molar-refractivity contribution in [3.05, 3.63) is 18.1 Å². The fraction of sp³-hybridized carbons (Fsp3) is 0.444. The molecular formula is C9H14N4O. The molecule has 1 N–H and O–H groups in total. The maximum Gasteiger partial charge on any atom is 0.273 e. The van der Waals surface area contributed by atoms with E-state index in [-0.39, 0.29) is 5.91 Å². The van der Waals surface area contributed by atoms with Crippen molar-refractivity contribution in [1.29, 1.82) is 0 Å². The van der Waals surface area contributed by atoms with E-state index in [1.54, 1.807) is 19.0 Å². The van der Waals surface area contributed by atoms with Gasteiger partial charge in [-0.1, -0.05) is 0 Å². The van der Waals surface area contributed by atoms with E-state index in [0.29, 0.717) is 18.1 Å². The lowest BCUT2D eigenvalue weighted by Crippen LogP contribution is -2.27. The summed E-state index contributed by atoms with van der Waals surface area (Å²) < 4.78 is 0. The van der Waals surface area contributed by atoms with Crippen molar-refractivity contribution in [2.75, 3.05) is 26.0 Å². The smallest absolute Gasteiger partial charge is 0.273 e. The van der Waals surface area contributed by atoms with Gasteiger partial charge in [0.05, 0.1) is 12.4 Å². The van der Waals surface area contributed by atoms with Crippen LogP contribution < -0.4 is 5.32 Å². The van der Waals surface area contributed by atoms with Gasteiger partial charge in [-0.25, -0.2) is 9.97 Å². The molecule has 0 spiro atoms. The molecule has 0 saturated heterocycles. The third kappa shape index (κ3) is 2.18. The van der Waals surface area contributed by atoms with E-state index in [1.807, 2.05) is 6.92 Å². The highest BCUT2D eigenvalue weighted by Gasteiger charge is 2.11. The zero-order valence-corrected chi connectivity index (χ0v) is 8.61. The van der Waals surface area contributed by atoms with Gasteiger partial charge in [0.1, 0.15) is 11.5 Å². The van der Waals surface area contributed by atoms with E-state index in [1.165, 1.54) is 12.4 Å². The Bertz CT molecular complexity index is 309. The first-order valence-electron chi connectivity index (χ1n) is 4.44. The highest BCUT2D eigenvalue weighted by molar-refractivity contribution is 5.91. The summed E-state index contributed by atoms with van der Waals surface area (Å²) in [5, 5.41) is 2.84. The Balaban J connectivity index is 2.81. The van der Waals surface area contributed by atoms with Crippen LogP contribution in [0.4, 0.5) is 5.82 Å². The molecule has 1 aromatic heterocycles. The standard InChI is InChI=1S/C9H14N4O/c1-4-13(3)9(14)7-5-12-8(10-2)6-11-7/h5-6H,4H2,1-3H3,(H,10,12). The third-order valence-electron chi connectivity index (χ3n) is 1.95. The molecule has 14 heavy (non-hydrogen) atoms. The minimum Gasteiger partial charge on any atom is -0.372 e. The second kappa shape index (κ2) is 4.55. The van der Waals surface area contributed by atoms with Gasteiger partial charge >= 0.3 is 0 Å². The Labute approximate surface area is 83.2 Å². The minimum atomic E-state index is -0.109. The number of hydrogen-bond donors (Lipinski definition) is 1. The van der Waals surface area contributed by atoms with E-state index in [2.05, 4.69) is 15.3 Å². The Kier molecular flexibility index (Phi) is 3.39. The van der Waals surface area contributed by atoms with Crippen LogP contribution in [0.2, 0.25) is 0 Å². The van der Waals surface area contributed by atoms with Crippen LogP contribution in [-0.4, -0.2) is 41.4 Å². The molecule has 0 aromatic carbocycles. The molecule has 0 saturated carbocycles. The number of nitrogens with one attached hydrogen (secondary N) is 1. The number of nitrogens with zero attached hydrogens (tertiary/aromatic N) is 3. The molecule has 1 aromatic rings. The molecule has 5 heteroatoms. The first-order valence-corrected chi connectivity index (χ1v) is 4.44. The van der Waals surface area contributed by atoms with Crippen LogP contribution >= 0.6 is 0 Å². The average Bonchev–Trinajstić information content (AvgIpc) is 2.27. The van der Waals surface area contributed by atoms with Crippen LogP contribution in [0.25, 0.3) is 0 Å². The average molecular weight is 194 g/mol. The van der Waals surface area contributed by atoms with Gasteiger partial charge in [-0.3, -0.25) is 4.79 Å².